The van der Waals surface area contributed by atoms with Gasteiger partial charge in [-0.05, 0) is 54.7 Å². The Hall–Kier alpha value is -3.35. The normalized spacial score (nSPS) is 18.2. The van der Waals surface area contributed by atoms with Gasteiger partial charge in [-0.25, -0.2) is 14.0 Å². The van der Waals surface area contributed by atoms with E-state index in [0.717, 1.165) is 54.1 Å². The molecule has 166 valence electrons. The standard InChI is InChI=1S/C25H29N5O2/c1-27(2)21-10-6-17(7-11-21)18-8-12-22(13-9-18)30-23(26-28(3)25(30)32)20-14-15-29(16-20)24(31)19-4-5-19/h6-13,19-20H,4-5,14-16H2,1-3H3. The number of nitrogens with zero attached hydrogens (tertiary/aromatic N) is 5. The number of amides is 1. The third kappa shape index (κ3) is 3.72. The lowest BCUT2D eigenvalue weighted by Gasteiger charge is -2.16. The minimum atomic E-state index is -0.157. The molecular formula is C25H29N5O2. The molecule has 1 amide bonds. The van der Waals surface area contributed by atoms with Crippen LogP contribution in [0.25, 0.3) is 16.8 Å². The summed E-state index contributed by atoms with van der Waals surface area (Å²) in [5.41, 5.74) is 4.03. The van der Waals surface area contributed by atoms with Crippen molar-refractivity contribution >= 4 is 11.6 Å². The summed E-state index contributed by atoms with van der Waals surface area (Å²) in [5, 5.41) is 4.55. The zero-order chi connectivity index (χ0) is 22.4. The van der Waals surface area contributed by atoms with Crippen molar-refractivity contribution in [2.75, 3.05) is 32.1 Å². The largest absolute Gasteiger partial charge is 0.378 e. The van der Waals surface area contributed by atoms with Gasteiger partial charge in [0.25, 0.3) is 0 Å². The van der Waals surface area contributed by atoms with Gasteiger partial charge in [0, 0.05) is 51.8 Å². The average molecular weight is 432 g/mol. The third-order valence-electron chi connectivity index (χ3n) is 6.58. The van der Waals surface area contributed by atoms with E-state index in [2.05, 4.69) is 34.3 Å². The lowest BCUT2D eigenvalue weighted by molar-refractivity contribution is -0.131. The molecule has 1 unspecified atom stereocenters. The van der Waals surface area contributed by atoms with Crippen molar-refractivity contribution in [3.63, 3.8) is 0 Å². The molecule has 1 aliphatic carbocycles. The van der Waals surface area contributed by atoms with E-state index in [-0.39, 0.29) is 23.4 Å². The zero-order valence-corrected chi connectivity index (χ0v) is 18.9. The number of anilines is 1. The van der Waals surface area contributed by atoms with Gasteiger partial charge in [0.15, 0.2) is 0 Å². The Balaban J connectivity index is 1.41. The number of carbonyl (C=O) groups is 1. The second kappa shape index (κ2) is 7.97. The first-order valence-electron chi connectivity index (χ1n) is 11.3. The van der Waals surface area contributed by atoms with Gasteiger partial charge in [-0.2, -0.15) is 5.10 Å². The summed E-state index contributed by atoms with van der Waals surface area (Å²) in [6, 6.07) is 16.4. The Kier molecular flexibility index (Phi) is 5.12. The molecule has 1 saturated heterocycles. The van der Waals surface area contributed by atoms with Crippen LogP contribution in [0.3, 0.4) is 0 Å². The minimum absolute atomic E-state index is 0.0739. The van der Waals surface area contributed by atoms with Crippen LogP contribution in [-0.4, -0.2) is 52.3 Å². The summed E-state index contributed by atoms with van der Waals surface area (Å²) in [7, 11) is 5.74. The quantitative estimate of drug-likeness (QED) is 0.623. The van der Waals surface area contributed by atoms with Crippen LogP contribution < -0.4 is 10.6 Å². The van der Waals surface area contributed by atoms with E-state index in [9.17, 15) is 9.59 Å². The molecule has 0 radical (unpaired) electrons. The maximum atomic E-state index is 12.9. The Labute approximate surface area is 187 Å². The predicted octanol–water partition coefficient (Wildman–Crippen LogP) is 3.03. The van der Waals surface area contributed by atoms with E-state index in [0.29, 0.717) is 6.54 Å². The van der Waals surface area contributed by atoms with Gasteiger partial charge in [0.1, 0.15) is 5.82 Å². The van der Waals surface area contributed by atoms with E-state index < -0.39 is 0 Å². The Morgan fingerprint density at radius 1 is 0.969 bits per heavy atom. The molecule has 5 rings (SSSR count). The first kappa shape index (κ1) is 20.5. The number of carbonyl (C=O) groups excluding carboxylic acids is 1. The molecule has 2 heterocycles. The number of aromatic nitrogens is 3. The fourth-order valence-corrected chi connectivity index (χ4v) is 4.51. The van der Waals surface area contributed by atoms with Crippen LogP contribution in [0.4, 0.5) is 5.69 Å². The molecule has 0 bridgehead atoms. The fraction of sp³-hybridized carbons (Fsp3) is 0.400. The van der Waals surface area contributed by atoms with Crippen molar-refractivity contribution in [1.29, 1.82) is 0 Å². The number of benzene rings is 2. The predicted molar refractivity (Wildman–Crippen MR) is 125 cm³/mol. The highest BCUT2D eigenvalue weighted by Crippen LogP contribution is 2.35. The first-order chi connectivity index (χ1) is 15.4. The van der Waals surface area contributed by atoms with Crippen LogP contribution >= 0.6 is 0 Å². The summed E-state index contributed by atoms with van der Waals surface area (Å²) in [6.45, 7) is 1.38. The maximum Gasteiger partial charge on any atom is 0.350 e. The number of hydrogen-bond acceptors (Lipinski definition) is 4. The van der Waals surface area contributed by atoms with Crippen LogP contribution in [0.5, 0.6) is 0 Å². The van der Waals surface area contributed by atoms with Crippen molar-refractivity contribution in [3.8, 4) is 16.8 Å². The summed E-state index contributed by atoms with van der Waals surface area (Å²) < 4.78 is 3.10. The molecule has 2 fully saturated rings. The Morgan fingerprint density at radius 2 is 1.59 bits per heavy atom. The highest BCUT2D eigenvalue weighted by atomic mass is 16.2. The minimum Gasteiger partial charge on any atom is -0.378 e. The van der Waals surface area contributed by atoms with Crippen molar-refractivity contribution in [3.05, 3.63) is 64.8 Å². The molecule has 0 N–H and O–H groups in total. The molecule has 32 heavy (non-hydrogen) atoms. The van der Waals surface area contributed by atoms with Crippen molar-refractivity contribution in [1.82, 2.24) is 19.2 Å². The average Bonchev–Trinajstić information content (AvgIpc) is 3.46. The Bertz CT molecular complexity index is 1190. The van der Waals surface area contributed by atoms with Crippen molar-refractivity contribution in [2.24, 2.45) is 13.0 Å². The lowest BCUT2D eigenvalue weighted by atomic mass is 10.0. The van der Waals surface area contributed by atoms with Crippen molar-refractivity contribution in [2.45, 2.75) is 25.2 Å². The molecule has 2 aliphatic rings. The van der Waals surface area contributed by atoms with Gasteiger partial charge in [0.2, 0.25) is 5.91 Å². The molecule has 2 aromatic carbocycles. The van der Waals surface area contributed by atoms with Gasteiger partial charge >= 0.3 is 5.69 Å². The fourth-order valence-electron chi connectivity index (χ4n) is 4.51. The van der Waals surface area contributed by atoms with Gasteiger partial charge in [-0.15, -0.1) is 0 Å². The van der Waals surface area contributed by atoms with Gasteiger partial charge in [0.05, 0.1) is 5.69 Å². The summed E-state index contributed by atoms with van der Waals surface area (Å²) in [4.78, 5) is 29.4. The highest BCUT2D eigenvalue weighted by Gasteiger charge is 2.38. The molecule has 0 spiro atoms. The SMILES string of the molecule is CN(C)c1ccc(-c2ccc(-n3c(C4CCN(C(=O)C5CC5)C4)nn(C)c3=O)cc2)cc1. The van der Waals surface area contributed by atoms with E-state index in [1.807, 2.05) is 43.3 Å². The molecule has 1 atom stereocenters. The zero-order valence-electron chi connectivity index (χ0n) is 18.9. The van der Waals surface area contributed by atoms with Crippen LogP contribution in [0.15, 0.2) is 53.3 Å². The second-order valence-electron chi connectivity index (χ2n) is 9.13. The molecule has 1 aromatic heterocycles. The molecule has 3 aromatic rings. The molecule has 7 heteroatoms. The Morgan fingerprint density at radius 3 is 2.19 bits per heavy atom. The van der Waals surface area contributed by atoms with Crippen molar-refractivity contribution < 1.29 is 4.79 Å². The third-order valence-corrected chi connectivity index (χ3v) is 6.58. The summed E-state index contributed by atoms with van der Waals surface area (Å²) in [6.07, 6.45) is 2.86. The van der Waals surface area contributed by atoms with E-state index in [4.69, 9.17) is 0 Å². The smallest absolute Gasteiger partial charge is 0.350 e. The summed E-state index contributed by atoms with van der Waals surface area (Å²) in [5.74, 6) is 1.30. The number of rotatable bonds is 5. The molecule has 1 aliphatic heterocycles. The van der Waals surface area contributed by atoms with E-state index >= 15 is 0 Å². The van der Waals surface area contributed by atoms with Gasteiger partial charge < -0.3 is 9.80 Å². The van der Waals surface area contributed by atoms with Crippen LogP contribution in [0, 0.1) is 5.92 Å². The monoisotopic (exact) mass is 431 g/mol. The number of aryl methyl sites for hydroxylation is 1. The molecule has 1 saturated carbocycles. The van der Waals surface area contributed by atoms with Crippen LogP contribution in [0.2, 0.25) is 0 Å². The van der Waals surface area contributed by atoms with Gasteiger partial charge in [-0.3, -0.25) is 4.79 Å². The summed E-state index contributed by atoms with van der Waals surface area (Å²) >= 11 is 0. The van der Waals surface area contributed by atoms with E-state index in [1.54, 1.807) is 11.6 Å². The van der Waals surface area contributed by atoms with Gasteiger partial charge in [-0.1, -0.05) is 24.3 Å². The topological polar surface area (TPSA) is 63.4 Å². The highest BCUT2D eigenvalue weighted by molar-refractivity contribution is 5.81. The lowest BCUT2D eigenvalue weighted by Crippen LogP contribution is -2.30. The van der Waals surface area contributed by atoms with Crippen LogP contribution in [-0.2, 0) is 11.8 Å². The number of hydrogen-bond donors (Lipinski definition) is 0. The van der Waals surface area contributed by atoms with Crippen LogP contribution in [0.1, 0.15) is 31.0 Å². The van der Waals surface area contributed by atoms with E-state index in [1.165, 1.54) is 4.68 Å². The maximum absolute atomic E-state index is 12.9. The number of likely N-dealkylation sites (tertiary alicyclic amines) is 1. The first-order valence-corrected chi connectivity index (χ1v) is 11.3. The molecule has 7 nitrogen and oxygen atoms in total. The molecular weight excluding hydrogens is 402 g/mol. The second-order valence-corrected chi connectivity index (χ2v) is 9.13.